The van der Waals surface area contributed by atoms with Crippen LogP contribution in [0.5, 0.6) is 0 Å². The highest BCUT2D eigenvalue weighted by molar-refractivity contribution is 5.73. The second kappa shape index (κ2) is 5.95. The van der Waals surface area contributed by atoms with Gasteiger partial charge in [-0.15, -0.1) is 0 Å². The Kier molecular flexibility index (Phi) is 3.69. The number of hydrogen-bond acceptors (Lipinski definition) is 2. The molecule has 3 rings (SSSR count). The number of hydrogen-bond donors (Lipinski definition) is 0. The molecule has 0 aliphatic rings. The highest BCUT2D eigenvalue weighted by Gasteiger charge is 2.02. The topological polar surface area (TPSA) is 47.6 Å². The third-order valence-corrected chi connectivity index (χ3v) is 3.56. The van der Waals surface area contributed by atoms with E-state index in [1.165, 1.54) is 0 Å². The predicted molar refractivity (Wildman–Crippen MR) is 86.7 cm³/mol. The van der Waals surface area contributed by atoms with Crippen molar-refractivity contribution in [3.8, 4) is 34.4 Å². The molecule has 2 nitrogen and oxygen atoms in total. The molecule has 3 aromatic carbocycles. The van der Waals surface area contributed by atoms with Gasteiger partial charge >= 0.3 is 0 Å². The zero-order valence-corrected chi connectivity index (χ0v) is 11.8. The zero-order valence-electron chi connectivity index (χ0n) is 11.8. The summed E-state index contributed by atoms with van der Waals surface area (Å²) in [5.41, 5.74) is 5.68. The Hall–Kier alpha value is -3.36. The van der Waals surface area contributed by atoms with E-state index >= 15 is 0 Å². The van der Waals surface area contributed by atoms with E-state index in [4.69, 9.17) is 10.5 Å². The molecule has 0 radical (unpaired) electrons. The van der Waals surface area contributed by atoms with Gasteiger partial charge < -0.3 is 0 Å². The first kappa shape index (κ1) is 13.6. The molecule has 3 aromatic rings. The second-order valence-electron chi connectivity index (χ2n) is 4.96. The molecule has 102 valence electrons. The van der Waals surface area contributed by atoms with Crippen molar-refractivity contribution in [1.82, 2.24) is 0 Å². The molecule has 0 saturated carbocycles. The van der Waals surface area contributed by atoms with Crippen molar-refractivity contribution in [3.63, 3.8) is 0 Å². The summed E-state index contributed by atoms with van der Waals surface area (Å²) in [5, 5.41) is 17.7. The molecule has 0 N–H and O–H groups in total. The molecule has 0 heterocycles. The summed E-state index contributed by atoms with van der Waals surface area (Å²) in [6.07, 6.45) is 0. The van der Waals surface area contributed by atoms with Gasteiger partial charge in [-0.25, -0.2) is 0 Å². The molecular formula is C20H12N2. The van der Waals surface area contributed by atoms with Crippen molar-refractivity contribution in [2.24, 2.45) is 0 Å². The summed E-state index contributed by atoms with van der Waals surface area (Å²) in [4.78, 5) is 0. The molecule has 0 aliphatic carbocycles. The third-order valence-electron chi connectivity index (χ3n) is 3.56. The summed E-state index contributed by atoms with van der Waals surface area (Å²) in [7, 11) is 0. The van der Waals surface area contributed by atoms with Crippen LogP contribution >= 0.6 is 0 Å². The smallest absolute Gasteiger partial charge is 0.0991 e. The molecule has 0 fully saturated rings. The largest absolute Gasteiger partial charge is 0.192 e. The van der Waals surface area contributed by atoms with E-state index in [1.807, 2.05) is 54.6 Å². The van der Waals surface area contributed by atoms with Crippen molar-refractivity contribution in [3.05, 3.63) is 83.9 Å². The lowest BCUT2D eigenvalue weighted by Crippen LogP contribution is -1.83. The fourth-order valence-electron chi connectivity index (χ4n) is 2.35. The molecule has 22 heavy (non-hydrogen) atoms. The average molecular weight is 280 g/mol. The van der Waals surface area contributed by atoms with E-state index in [1.54, 1.807) is 0 Å². The van der Waals surface area contributed by atoms with Gasteiger partial charge in [0.25, 0.3) is 0 Å². The Labute approximate surface area is 129 Å². The van der Waals surface area contributed by atoms with E-state index in [0.717, 1.165) is 22.3 Å². The molecule has 0 atom stereocenters. The van der Waals surface area contributed by atoms with Gasteiger partial charge in [-0.2, -0.15) is 10.5 Å². The van der Waals surface area contributed by atoms with Gasteiger partial charge in [0.2, 0.25) is 0 Å². The Morgan fingerprint density at radius 3 is 1.27 bits per heavy atom. The molecular weight excluding hydrogens is 268 g/mol. The predicted octanol–water partition coefficient (Wildman–Crippen LogP) is 4.76. The third kappa shape index (κ3) is 2.73. The summed E-state index contributed by atoms with van der Waals surface area (Å²) >= 11 is 0. The quantitative estimate of drug-likeness (QED) is 0.679. The first-order chi connectivity index (χ1) is 10.8. The van der Waals surface area contributed by atoms with Gasteiger partial charge in [0.05, 0.1) is 23.3 Å². The summed E-state index contributed by atoms with van der Waals surface area (Å²) in [6.45, 7) is 0. The van der Waals surface area contributed by atoms with Crippen molar-refractivity contribution >= 4 is 0 Å². The van der Waals surface area contributed by atoms with Gasteiger partial charge in [-0.1, -0.05) is 42.5 Å². The summed E-state index contributed by atoms with van der Waals surface area (Å²) in [6, 6.07) is 27.6. The van der Waals surface area contributed by atoms with Crippen LogP contribution < -0.4 is 0 Å². The lowest BCUT2D eigenvalue weighted by Gasteiger charge is -2.06. The maximum Gasteiger partial charge on any atom is 0.0991 e. The van der Waals surface area contributed by atoms with Gasteiger partial charge in [-0.05, 0) is 52.6 Å². The highest BCUT2D eigenvalue weighted by atomic mass is 14.2. The van der Waals surface area contributed by atoms with Crippen LogP contribution in [-0.2, 0) is 0 Å². The summed E-state index contributed by atoms with van der Waals surface area (Å²) < 4.78 is 0. The minimum absolute atomic E-state index is 0.659. The van der Waals surface area contributed by atoms with E-state index in [0.29, 0.717) is 11.1 Å². The molecule has 0 bridgehead atoms. The lowest BCUT2D eigenvalue weighted by atomic mass is 9.98. The molecule has 0 amide bonds. The SMILES string of the molecule is N#Cc1ccc(-c2cccc(-c3ccc(C#N)cc3)c2)cc1. The van der Waals surface area contributed by atoms with E-state index in [9.17, 15) is 0 Å². The first-order valence-corrected chi connectivity index (χ1v) is 6.91. The van der Waals surface area contributed by atoms with E-state index < -0.39 is 0 Å². The maximum absolute atomic E-state index is 8.86. The molecule has 0 aliphatic heterocycles. The minimum atomic E-state index is 0.659. The number of benzene rings is 3. The van der Waals surface area contributed by atoms with Crippen LogP contribution in [0.2, 0.25) is 0 Å². The van der Waals surface area contributed by atoms with Crippen LogP contribution in [0.25, 0.3) is 22.3 Å². The average Bonchev–Trinajstić information content (AvgIpc) is 2.62. The molecule has 0 unspecified atom stereocenters. The maximum atomic E-state index is 8.86. The Morgan fingerprint density at radius 1 is 0.500 bits per heavy atom. The van der Waals surface area contributed by atoms with Crippen molar-refractivity contribution < 1.29 is 0 Å². The van der Waals surface area contributed by atoms with Crippen LogP contribution in [0.3, 0.4) is 0 Å². The van der Waals surface area contributed by atoms with Crippen molar-refractivity contribution in [2.75, 3.05) is 0 Å². The monoisotopic (exact) mass is 280 g/mol. The Morgan fingerprint density at radius 2 is 0.909 bits per heavy atom. The standard InChI is InChI=1S/C20H12N2/c21-13-15-4-8-17(9-5-15)19-2-1-3-20(12-19)18-10-6-16(14-22)7-11-18/h1-12H. The minimum Gasteiger partial charge on any atom is -0.192 e. The molecule has 0 saturated heterocycles. The highest BCUT2D eigenvalue weighted by Crippen LogP contribution is 2.26. The lowest BCUT2D eigenvalue weighted by molar-refractivity contribution is 1.48. The van der Waals surface area contributed by atoms with Crippen molar-refractivity contribution in [1.29, 1.82) is 10.5 Å². The normalized spacial score (nSPS) is 9.73. The Bertz CT molecular complexity index is 804. The zero-order chi connectivity index (χ0) is 15.4. The molecule has 0 spiro atoms. The van der Waals surface area contributed by atoms with Gasteiger partial charge in [0.1, 0.15) is 0 Å². The number of nitriles is 2. The number of nitrogens with zero attached hydrogens (tertiary/aromatic N) is 2. The van der Waals surface area contributed by atoms with Crippen LogP contribution in [0.1, 0.15) is 11.1 Å². The van der Waals surface area contributed by atoms with Crippen molar-refractivity contribution in [2.45, 2.75) is 0 Å². The fourth-order valence-corrected chi connectivity index (χ4v) is 2.35. The van der Waals surface area contributed by atoms with Crippen LogP contribution in [0.4, 0.5) is 0 Å². The van der Waals surface area contributed by atoms with Gasteiger partial charge in [0, 0.05) is 0 Å². The van der Waals surface area contributed by atoms with E-state index in [-0.39, 0.29) is 0 Å². The van der Waals surface area contributed by atoms with Crippen LogP contribution in [-0.4, -0.2) is 0 Å². The van der Waals surface area contributed by atoms with Crippen LogP contribution in [0, 0.1) is 22.7 Å². The fraction of sp³-hybridized carbons (Fsp3) is 0. The van der Waals surface area contributed by atoms with Gasteiger partial charge in [-0.3, -0.25) is 0 Å². The summed E-state index contributed by atoms with van der Waals surface area (Å²) in [5.74, 6) is 0. The molecule has 0 aromatic heterocycles. The second-order valence-corrected chi connectivity index (χ2v) is 4.96. The number of rotatable bonds is 2. The van der Waals surface area contributed by atoms with E-state index in [2.05, 4.69) is 30.3 Å². The molecule has 2 heteroatoms. The first-order valence-electron chi connectivity index (χ1n) is 6.91. The van der Waals surface area contributed by atoms with Gasteiger partial charge in [0.15, 0.2) is 0 Å². The van der Waals surface area contributed by atoms with Crippen LogP contribution in [0.15, 0.2) is 72.8 Å². The Balaban J connectivity index is 1.98.